The van der Waals surface area contributed by atoms with E-state index < -0.39 is 0 Å². The molecule has 0 N–H and O–H groups in total. The third kappa shape index (κ3) is 1.39. The molecular formula is C24H22O. The van der Waals surface area contributed by atoms with Crippen molar-refractivity contribution in [3.63, 3.8) is 0 Å². The topological polar surface area (TPSA) is 17.1 Å². The van der Waals surface area contributed by atoms with Crippen LogP contribution in [0.4, 0.5) is 0 Å². The number of fused-ring (bicyclic) bond motifs is 16. The molecule has 2 aromatic rings. The second kappa shape index (κ2) is 4.26. The lowest BCUT2D eigenvalue weighted by Crippen LogP contribution is -2.34. The molecule has 5 aliphatic carbocycles. The molecule has 3 fully saturated rings. The largest absolute Gasteiger partial charge is 0.298 e. The van der Waals surface area contributed by atoms with E-state index >= 15 is 0 Å². The molecule has 8 unspecified atom stereocenters. The zero-order chi connectivity index (χ0) is 16.3. The van der Waals surface area contributed by atoms with Crippen molar-refractivity contribution < 1.29 is 4.79 Å². The van der Waals surface area contributed by atoms with Gasteiger partial charge in [-0.3, -0.25) is 4.79 Å². The normalized spacial score (nSPS) is 44.3. The Labute approximate surface area is 148 Å². The Bertz CT molecular complexity index is 969. The van der Waals surface area contributed by atoms with E-state index in [0.717, 1.165) is 59.2 Å². The summed E-state index contributed by atoms with van der Waals surface area (Å²) < 4.78 is 0. The first-order chi connectivity index (χ1) is 12.3. The molecule has 124 valence electrons. The predicted molar refractivity (Wildman–Crippen MR) is 98.6 cm³/mol. The maximum absolute atomic E-state index is 11.5. The van der Waals surface area contributed by atoms with Crippen molar-refractivity contribution in [2.24, 2.45) is 41.4 Å². The van der Waals surface area contributed by atoms with Crippen LogP contribution in [0.15, 0.2) is 42.5 Å². The van der Waals surface area contributed by atoms with E-state index in [2.05, 4.69) is 36.4 Å². The summed E-state index contributed by atoms with van der Waals surface area (Å²) in [5.74, 6) is 7.20. The van der Waals surface area contributed by atoms with Crippen molar-refractivity contribution in [3.8, 4) is 0 Å². The van der Waals surface area contributed by atoms with Crippen LogP contribution in [0.3, 0.4) is 0 Å². The van der Waals surface area contributed by atoms with Gasteiger partial charge in [0.2, 0.25) is 0 Å². The van der Waals surface area contributed by atoms with Gasteiger partial charge in [0, 0.05) is 5.56 Å². The number of rotatable bonds is 1. The Kier molecular flexibility index (Phi) is 2.27. The molecule has 0 radical (unpaired) electrons. The van der Waals surface area contributed by atoms with E-state index in [9.17, 15) is 4.79 Å². The SMILES string of the molecule is O=Cc1cccc2c3c(ccc12)CC1C2CC(C31)C1C3C=CC(C3)C21. The first-order valence-electron chi connectivity index (χ1n) is 10.0. The molecule has 1 nitrogen and oxygen atoms in total. The van der Waals surface area contributed by atoms with Crippen molar-refractivity contribution in [2.45, 2.75) is 25.2 Å². The number of aldehydes is 1. The molecule has 1 heteroatoms. The molecule has 8 atom stereocenters. The van der Waals surface area contributed by atoms with Crippen molar-refractivity contribution in [2.75, 3.05) is 0 Å². The first kappa shape index (κ1) is 13.3. The standard InChI is InChI=1S/C24H22O/c25-11-15-2-1-3-17-16(15)7-6-14-9-18-19-10-20(24(18)21(14)17)23-13-5-4-12(8-13)22(19)23/h1-7,11-13,18-20,22-24H,8-10H2. The van der Waals surface area contributed by atoms with E-state index in [-0.39, 0.29) is 0 Å². The highest BCUT2D eigenvalue weighted by molar-refractivity contribution is 6.00. The first-order valence-corrected chi connectivity index (χ1v) is 10.0. The minimum Gasteiger partial charge on any atom is -0.298 e. The van der Waals surface area contributed by atoms with Crippen molar-refractivity contribution in [1.82, 2.24) is 0 Å². The van der Waals surface area contributed by atoms with Gasteiger partial charge in [-0.1, -0.05) is 42.5 Å². The average Bonchev–Trinajstić information content (AvgIpc) is 3.42. The number of carbonyl (C=O) groups excluding carboxylic acids is 1. The third-order valence-electron chi connectivity index (χ3n) is 8.73. The molecule has 25 heavy (non-hydrogen) atoms. The van der Waals surface area contributed by atoms with E-state index in [0.29, 0.717) is 0 Å². The average molecular weight is 326 g/mol. The Balaban J connectivity index is 1.44. The summed E-state index contributed by atoms with van der Waals surface area (Å²) in [5, 5.41) is 2.54. The van der Waals surface area contributed by atoms with Crippen LogP contribution < -0.4 is 0 Å². The quantitative estimate of drug-likeness (QED) is 0.410. The predicted octanol–water partition coefficient (Wildman–Crippen LogP) is 5.00. The van der Waals surface area contributed by atoms with Gasteiger partial charge >= 0.3 is 0 Å². The highest BCUT2D eigenvalue weighted by atomic mass is 16.1. The van der Waals surface area contributed by atoms with Crippen LogP contribution in [0.25, 0.3) is 10.8 Å². The summed E-state index contributed by atoms with van der Waals surface area (Å²) in [4.78, 5) is 11.5. The fourth-order valence-electron chi connectivity index (χ4n) is 8.25. The lowest BCUT2D eigenvalue weighted by molar-refractivity contribution is 0.112. The lowest BCUT2D eigenvalue weighted by atomic mass is 9.65. The molecule has 3 saturated carbocycles. The van der Waals surface area contributed by atoms with Gasteiger partial charge in [-0.2, -0.15) is 0 Å². The van der Waals surface area contributed by atoms with Crippen LogP contribution in [0.2, 0.25) is 0 Å². The second-order valence-corrected chi connectivity index (χ2v) is 9.26. The van der Waals surface area contributed by atoms with E-state index in [1.807, 2.05) is 6.07 Å². The Morgan fingerprint density at radius 1 is 0.840 bits per heavy atom. The number of benzene rings is 2. The monoisotopic (exact) mass is 326 g/mol. The number of hydrogen-bond acceptors (Lipinski definition) is 1. The summed E-state index contributed by atoms with van der Waals surface area (Å²) >= 11 is 0. The fraction of sp³-hybridized carbons (Fsp3) is 0.458. The van der Waals surface area contributed by atoms with E-state index in [1.54, 1.807) is 11.1 Å². The summed E-state index contributed by atoms with van der Waals surface area (Å²) in [6, 6.07) is 10.9. The minimum atomic E-state index is 0.764. The smallest absolute Gasteiger partial charge is 0.150 e. The molecule has 7 rings (SSSR count). The Morgan fingerprint density at radius 2 is 1.68 bits per heavy atom. The maximum Gasteiger partial charge on any atom is 0.150 e. The van der Waals surface area contributed by atoms with E-state index in [4.69, 9.17) is 0 Å². The van der Waals surface area contributed by atoms with Gasteiger partial charge < -0.3 is 0 Å². The molecule has 0 aliphatic heterocycles. The number of carbonyl (C=O) groups is 1. The Hall–Kier alpha value is -1.89. The second-order valence-electron chi connectivity index (χ2n) is 9.26. The minimum absolute atomic E-state index is 0.764. The van der Waals surface area contributed by atoms with Crippen LogP contribution in [0.5, 0.6) is 0 Å². The van der Waals surface area contributed by atoms with Gasteiger partial charge in [0.1, 0.15) is 0 Å². The van der Waals surface area contributed by atoms with Gasteiger partial charge in [0.25, 0.3) is 0 Å². The van der Waals surface area contributed by atoms with Crippen LogP contribution in [0, 0.1) is 41.4 Å². The molecule has 2 aromatic carbocycles. The van der Waals surface area contributed by atoms with Crippen molar-refractivity contribution in [1.29, 1.82) is 0 Å². The molecule has 0 amide bonds. The number of allylic oxidation sites excluding steroid dienone is 2. The van der Waals surface area contributed by atoms with Crippen LogP contribution in [-0.4, -0.2) is 6.29 Å². The Morgan fingerprint density at radius 3 is 2.52 bits per heavy atom. The van der Waals surface area contributed by atoms with Gasteiger partial charge in [0.15, 0.2) is 6.29 Å². The summed E-state index contributed by atoms with van der Waals surface area (Å²) in [7, 11) is 0. The van der Waals surface area contributed by atoms with Crippen LogP contribution in [-0.2, 0) is 6.42 Å². The fourth-order valence-corrected chi connectivity index (χ4v) is 8.25. The van der Waals surface area contributed by atoms with Crippen molar-refractivity contribution >= 4 is 17.1 Å². The van der Waals surface area contributed by atoms with Gasteiger partial charge in [-0.25, -0.2) is 0 Å². The molecule has 4 bridgehead atoms. The zero-order valence-electron chi connectivity index (χ0n) is 14.3. The summed E-state index contributed by atoms with van der Waals surface area (Å²) in [5.41, 5.74) is 4.07. The highest BCUT2D eigenvalue weighted by Gasteiger charge is 2.66. The molecule has 5 aliphatic rings. The lowest BCUT2D eigenvalue weighted by Gasteiger charge is -2.39. The summed E-state index contributed by atoms with van der Waals surface area (Å²) in [6.07, 6.45) is 10.3. The highest BCUT2D eigenvalue weighted by Crippen LogP contribution is 2.73. The van der Waals surface area contributed by atoms with E-state index in [1.165, 1.54) is 30.0 Å². The maximum atomic E-state index is 11.5. The van der Waals surface area contributed by atoms with Crippen LogP contribution in [0.1, 0.15) is 40.2 Å². The van der Waals surface area contributed by atoms with Gasteiger partial charge in [-0.05, 0) is 88.5 Å². The molecular weight excluding hydrogens is 304 g/mol. The molecule has 0 saturated heterocycles. The molecule has 0 aromatic heterocycles. The summed E-state index contributed by atoms with van der Waals surface area (Å²) in [6.45, 7) is 0. The van der Waals surface area contributed by atoms with Crippen LogP contribution >= 0.6 is 0 Å². The molecule has 0 heterocycles. The number of hydrogen-bond donors (Lipinski definition) is 0. The van der Waals surface area contributed by atoms with Gasteiger partial charge in [-0.15, -0.1) is 0 Å². The molecule has 0 spiro atoms. The van der Waals surface area contributed by atoms with Crippen molar-refractivity contribution in [3.05, 3.63) is 59.2 Å². The van der Waals surface area contributed by atoms with Gasteiger partial charge in [0.05, 0.1) is 0 Å². The zero-order valence-corrected chi connectivity index (χ0v) is 14.3. The third-order valence-corrected chi connectivity index (χ3v) is 8.73.